The normalized spacial score (nSPS) is 15.5. The lowest BCUT2D eigenvalue weighted by atomic mass is 10.0. The average Bonchev–Trinajstić information content (AvgIpc) is 3.04. The van der Waals surface area contributed by atoms with E-state index in [-0.39, 0.29) is 18.1 Å². The van der Waals surface area contributed by atoms with Gasteiger partial charge in [0, 0.05) is 20.1 Å². The van der Waals surface area contributed by atoms with Gasteiger partial charge >= 0.3 is 12.2 Å². The van der Waals surface area contributed by atoms with Crippen molar-refractivity contribution in [1.29, 1.82) is 0 Å². The van der Waals surface area contributed by atoms with Gasteiger partial charge in [0.2, 0.25) is 0 Å². The fourth-order valence-corrected chi connectivity index (χ4v) is 3.28. The molecule has 0 radical (unpaired) electrons. The fourth-order valence-electron chi connectivity index (χ4n) is 3.28. The van der Waals surface area contributed by atoms with Crippen LogP contribution in [0.1, 0.15) is 49.7 Å². The Balaban J connectivity index is 1.79. The maximum Gasteiger partial charge on any atom is 0.416 e. The van der Waals surface area contributed by atoms with Crippen LogP contribution < -0.4 is 5.32 Å². The molecule has 0 aromatic heterocycles. The van der Waals surface area contributed by atoms with Gasteiger partial charge in [-0.25, -0.2) is 4.79 Å². The van der Waals surface area contributed by atoms with Gasteiger partial charge in [-0.2, -0.15) is 13.2 Å². The van der Waals surface area contributed by atoms with Gasteiger partial charge in [-0.3, -0.25) is 0 Å². The Hall–Kier alpha value is -1.72. The maximum atomic E-state index is 13.0. The van der Waals surface area contributed by atoms with E-state index in [9.17, 15) is 18.0 Å². The van der Waals surface area contributed by atoms with Crippen LogP contribution in [0.4, 0.5) is 18.0 Å². The number of hydrogen-bond donors (Lipinski definition) is 1. The fraction of sp³-hybridized carbons (Fsp3) is 0.611. The van der Waals surface area contributed by atoms with Crippen molar-refractivity contribution in [2.45, 2.75) is 51.2 Å². The first-order valence-corrected chi connectivity index (χ1v) is 8.52. The lowest BCUT2D eigenvalue weighted by Gasteiger charge is -2.21. The highest BCUT2D eigenvalue weighted by atomic mass is 19.4. The van der Waals surface area contributed by atoms with Crippen LogP contribution in [-0.2, 0) is 12.7 Å². The predicted octanol–water partition coefficient (Wildman–Crippen LogP) is 4.82. The van der Waals surface area contributed by atoms with Gasteiger partial charge in [0.05, 0.1) is 5.56 Å². The van der Waals surface area contributed by atoms with E-state index in [2.05, 4.69) is 5.32 Å². The SMILES string of the molecule is CN(Cc1ccccc1C(F)(F)F)C(=O)NCCCC1CCCC1. The van der Waals surface area contributed by atoms with Crippen LogP contribution in [0.3, 0.4) is 0 Å². The number of nitrogens with zero attached hydrogens (tertiary/aromatic N) is 1. The number of halogens is 3. The number of alkyl halides is 3. The monoisotopic (exact) mass is 342 g/mol. The van der Waals surface area contributed by atoms with Crippen molar-refractivity contribution in [3.05, 3.63) is 35.4 Å². The smallest absolute Gasteiger partial charge is 0.338 e. The van der Waals surface area contributed by atoms with E-state index in [4.69, 9.17) is 0 Å². The van der Waals surface area contributed by atoms with Gasteiger partial charge in [-0.1, -0.05) is 43.9 Å². The van der Waals surface area contributed by atoms with Crippen molar-refractivity contribution in [2.75, 3.05) is 13.6 Å². The molecule has 1 aromatic rings. The highest BCUT2D eigenvalue weighted by Gasteiger charge is 2.33. The summed E-state index contributed by atoms with van der Waals surface area (Å²) >= 11 is 0. The highest BCUT2D eigenvalue weighted by Crippen LogP contribution is 2.32. The topological polar surface area (TPSA) is 32.3 Å². The Bertz CT molecular complexity index is 539. The lowest BCUT2D eigenvalue weighted by Crippen LogP contribution is -2.37. The second kappa shape index (κ2) is 8.40. The van der Waals surface area contributed by atoms with Crippen molar-refractivity contribution in [3.8, 4) is 0 Å². The molecule has 0 aliphatic heterocycles. The van der Waals surface area contributed by atoms with E-state index in [0.717, 1.165) is 24.8 Å². The van der Waals surface area contributed by atoms with Crippen molar-refractivity contribution >= 4 is 6.03 Å². The largest absolute Gasteiger partial charge is 0.416 e. The summed E-state index contributed by atoms with van der Waals surface area (Å²) in [6, 6.07) is 5.03. The molecule has 1 N–H and O–H groups in total. The molecular weight excluding hydrogens is 317 g/mol. The number of urea groups is 1. The molecule has 1 saturated carbocycles. The van der Waals surface area contributed by atoms with Crippen LogP contribution in [0.15, 0.2) is 24.3 Å². The quantitative estimate of drug-likeness (QED) is 0.739. The molecule has 0 bridgehead atoms. The highest BCUT2D eigenvalue weighted by molar-refractivity contribution is 5.73. The van der Waals surface area contributed by atoms with Crippen molar-refractivity contribution in [1.82, 2.24) is 10.2 Å². The Morgan fingerprint density at radius 3 is 2.58 bits per heavy atom. The lowest BCUT2D eigenvalue weighted by molar-refractivity contribution is -0.138. The number of benzene rings is 1. The number of nitrogens with one attached hydrogen (secondary N) is 1. The number of carbonyl (C=O) groups excluding carboxylic acids is 1. The van der Waals surface area contributed by atoms with E-state index < -0.39 is 11.7 Å². The van der Waals surface area contributed by atoms with Crippen LogP contribution in [0.5, 0.6) is 0 Å². The van der Waals surface area contributed by atoms with Gasteiger partial charge in [0.15, 0.2) is 0 Å². The molecule has 24 heavy (non-hydrogen) atoms. The molecule has 0 saturated heterocycles. The zero-order valence-corrected chi connectivity index (χ0v) is 14.0. The van der Waals surface area contributed by atoms with Crippen LogP contribution in [0.2, 0.25) is 0 Å². The zero-order chi connectivity index (χ0) is 17.6. The first kappa shape index (κ1) is 18.6. The summed E-state index contributed by atoms with van der Waals surface area (Å²) in [5.41, 5.74) is -0.584. The van der Waals surface area contributed by atoms with Crippen molar-refractivity contribution in [2.24, 2.45) is 5.92 Å². The second-order valence-electron chi connectivity index (χ2n) is 6.54. The third-order valence-corrected chi connectivity index (χ3v) is 4.62. The van der Waals surface area contributed by atoms with Crippen molar-refractivity contribution < 1.29 is 18.0 Å². The third-order valence-electron chi connectivity index (χ3n) is 4.62. The maximum absolute atomic E-state index is 13.0. The van der Waals surface area contributed by atoms with Gasteiger partial charge < -0.3 is 10.2 Å². The Kier molecular flexibility index (Phi) is 6.52. The number of rotatable bonds is 6. The second-order valence-corrected chi connectivity index (χ2v) is 6.54. The molecule has 0 atom stereocenters. The Morgan fingerprint density at radius 1 is 1.25 bits per heavy atom. The molecule has 2 amide bonds. The summed E-state index contributed by atoms with van der Waals surface area (Å²) in [6.07, 6.45) is 2.79. The minimum Gasteiger partial charge on any atom is -0.338 e. The van der Waals surface area contributed by atoms with Crippen molar-refractivity contribution in [3.63, 3.8) is 0 Å². The van der Waals surface area contributed by atoms with E-state index in [1.165, 1.54) is 49.8 Å². The standard InChI is InChI=1S/C18H25F3N2O/c1-23(13-15-10-4-5-11-16(15)18(19,20)21)17(24)22-12-6-9-14-7-2-3-8-14/h4-5,10-11,14H,2-3,6-9,12-13H2,1H3,(H,22,24). The molecular formula is C18H25F3N2O. The first-order chi connectivity index (χ1) is 11.4. The molecule has 0 spiro atoms. The van der Waals surface area contributed by atoms with Crippen LogP contribution in [0, 0.1) is 5.92 Å². The molecule has 0 unspecified atom stereocenters. The summed E-state index contributed by atoms with van der Waals surface area (Å²) in [7, 11) is 1.51. The van der Waals surface area contributed by atoms with Crippen LogP contribution in [0.25, 0.3) is 0 Å². The number of carbonyl (C=O) groups is 1. The minimum absolute atomic E-state index is 0.0653. The predicted molar refractivity (Wildman–Crippen MR) is 87.5 cm³/mol. The van der Waals surface area contributed by atoms with Gasteiger partial charge in [-0.05, 0) is 30.4 Å². The van der Waals surface area contributed by atoms with Crippen LogP contribution in [-0.4, -0.2) is 24.5 Å². The third kappa shape index (κ3) is 5.42. The number of hydrogen-bond acceptors (Lipinski definition) is 1. The zero-order valence-electron chi connectivity index (χ0n) is 14.0. The van der Waals surface area contributed by atoms with E-state index in [0.29, 0.717) is 6.54 Å². The summed E-state index contributed by atoms with van der Waals surface area (Å²) in [6.45, 7) is 0.505. The summed E-state index contributed by atoms with van der Waals surface area (Å²) < 4.78 is 38.9. The Morgan fingerprint density at radius 2 is 1.92 bits per heavy atom. The molecule has 1 aromatic carbocycles. The molecule has 6 heteroatoms. The van der Waals surface area contributed by atoms with E-state index in [1.807, 2.05) is 0 Å². The minimum atomic E-state index is -4.41. The number of amides is 2. The molecule has 0 heterocycles. The van der Waals surface area contributed by atoms with E-state index >= 15 is 0 Å². The van der Waals surface area contributed by atoms with E-state index in [1.54, 1.807) is 6.07 Å². The molecule has 1 aliphatic carbocycles. The molecule has 134 valence electrons. The summed E-state index contributed by atoms with van der Waals surface area (Å²) in [4.78, 5) is 13.3. The molecule has 1 fully saturated rings. The molecule has 1 aliphatic rings. The molecule has 3 nitrogen and oxygen atoms in total. The summed E-state index contributed by atoms with van der Waals surface area (Å²) in [5, 5.41) is 2.79. The van der Waals surface area contributed by atoms with Gasteiger partial charge in [0.1, 0.15) is 0 Å². The van der Waals surface area contributed by atoms with Crippen LogP contribution >= 0.6 is 0 Å². The summed E-state index contributed by atoms with van der Waals surface area (Å²) in [5.74, 6) is 0.776. The average molecular weight is 342 g/mol. The van der Waals surface area contributed by atoms with Gasteiger partial charge in [0.25, 0.3) is 0 Å². The Labute approximate surface area is 141 Å². The molecule has 2 rings (SSSR count). The van der Waals surface area contributed by atoms with Gasteiger partial charge in [-0.15, -0.1) is 0 Å². The first-order valence-electron chi connectivity index (χ1n) is 8.52.